The molecule has 0 aliphatic carbocycles. The summed E-state index contributed by atoms with van der Waals surface area (Å²) in [6.45, 7) is 2.12. The van der Waals surface area contributed by atoms with Gasteiger partial charge in [-0.3, -0.25) is 0 Å². The summed E-state index contributed by atoms with van der Waals surface area (Å²) in [6.07, 6.45) is 2.03. The predicted molar refractivity (Wildman–Crippen MR) is 84.0 cm³/mol. The molecule has 2 nitrogen and oxygen atoms in total. The molecule has 2 aromatic rings. The maximum Gasteiger partial charge on any atom is 0.101 e. The average molecular weight is 285 g/mol. The second-order valence-electron chi connectivity index (χ2n) is 4.87. The Morgan fingerprint density at radius 3 is 2.65 bits per heavy atom. The quantitative estimate of drug-likeness (QED) is 0.868. The molecule has 0 aliphatic rings. The lowest BCUT2D eigenvalue weighted by atomic mass is 10.1. The van der Waals surface area contributed by atoms with Crippen LogP contribution in [-0.4, -0.2) is 6.04 Å². The molecule has 2 rings (SSSR count). The Morgan fingerprint density at radius 2 is 1.95 bits per heavy atom. The highest BCUT2D eigenvalue weighted by molar-refractivity contribution is 6.30. The Hall–Kier alpha value is -1.98. The van der Waals surface area contributed by atoms with Crippen molar-refractivity contribution in [3.05, 3.63) is 64.7 Å². The highest BCUT2D eigenvalue weighted by atomic mass is 35.5. The Balaban J connectivity index is 1.95. The Bertz CT molecular complexity index is 602. The number of benzene rings is 2. The van der Waals surface area contributed by atoms with Crippen LogP contribution >= 0.6 is 11.6 Å². The van der Waals surface area contributed by atoms with Crippen molar-refractivity contribution in [2.24, 2.45) is 0 Å². The molecule has 1 atom stereocenters. The van der Waals surface area contributed by atoms with Gasteiger partial charge in [0.2, 0.25) is 0 Å². The minimum Gasteiger partial charge on any atom is -0.382 e. The summed E-state index contributed by atoms with van der Waals surface area (Å²) in [7, 11) is 0. The summed E-state index contributed by atoms with van der Waals surface area (Å²) < 4.78 is 0. The van der Waals surface area contributed by atoms with E-state index in [1.807, 2.05) is 12.1 Å². The molecular formula is C17H17ClN2. The number of nitrogens with one attached hydrogen (secondary N) is 1. The maximum absolute atomic E-state index is 9.12. The highest BCUT2D eigenvalue weighted by Gasteiger charge is 2.07. The van der Waals surface area contributed by atoms with E-state index in [1.165, 1.54) is 5.56 Å². The van der Waals surface area contributed by atoms with Crippen LogP contribution in [0, 0.1) is 11.3 Å². The molecule has 0 aliphatic heterocycles. The number of aryl methyl sites for hydroxylation is 1. The van der Waals surface area contributed by atoms with E-state index in [4.69, 9.17) is 16.9 Å². The molecule has 0 saturated heterocycles. The fourth-order valence-corrected chi connectivity index (χ4v) is 2.27. The molecular weight excluding hydrogens is 268 g/mol. The van der Waals surface area contributed by atoms with Crippen molar-refractivity contribution >= 4 is 17.3 Å². The van der Waals surface area contributed by atoms with Crippen LogP contribution < -0.4 is 5.32 Å². The number of hydrogen-bond acceptors (Lipinski definition) is 2. The number of hydrogen-bond donors (Lipinski definition) is 1. The molecule has 0 heterocycles. The SMILES string of the molecule is CC(CCc1ccccc1)Nc1ccc(Cl)cc1C#N. The second kappa shape index (κ2) is 6.98. The van der Waals surface area contributed by atoms with Crippen LogP contribution in [0.15, 0.2) is 48.5 Å². The molecule has 0 spiro atoms. The van der Waals surface area contributed by atoms with Gasteiger partial charge < -0.3 is 5.32 Å². The molecule has 102 valence electrons. The summed E-state index contributed by atoms with van der Waals surface area (Å²) in [4.78, 5) is 0. The third-order valence-electron chi connectivity index (χ3n) is 3.21. The first-order valence-corrected chi connectivity index (χ1v) is 7.07. The average Bonchev–Trinajstić information content (AvgIpc) is 2.48. The van der Waals surface area contributed by atoms with Crippen molar-refractivity contribution < 1.29 is 0 Å². The molecule has 0 aromatic heterocycles. The Morgan fingerprint density at radius 1 is 1.20 bits per heavy atom. The standard InChI is InChI=1S/C17H17ClN2/c1-13(7-8-14-5-3-2-4-6-14)20-17-10-9-16(18)11-15(17)12-19/h2-6,9-11,13,20H,7-8H2,1H3. The van der Waals surface area contributed by atoms with Crippen LogP contribution in [0.2, 0.25) is 5.02 Å². The number of nitrogens with zero attached hydrogens (tertiary/aromatic N) is 1. The van der Waals surface area contributed by atoms with Crippen LogP contribution in [0.1, 0.15) is 24.5 Å². The largest absolute Gasteiger partial charge is 0.382 e. The van der Waals surface area contributed by atoms with Gasteiger partial charge in [-0.05, 0) is 43.5 Å². The smallest absolute Gasteiger partial charge is 0.101 e. The van der Waals surface area contributed by atoms with E-state index in [-0.39, 0.29) is 0 Å². The van der Waals surface area contributed by atoms with Crippen LogP contribution in [0.3, 0.4) is 0 Å². The molecule has 0 saturated carbocycles. The second-order valence-corrected chi connectivity index (χ2v) is 5.31. The zero-order valence-electron chi connectivity index (χ0n) is 11.4. The van der Waals surface area contributed by atoms with Crippen LogP contribution in [-0.2, 0) is 6.42 Å². The first-order valence-electron chi connectivity index (χ1n) is 6.69. The third-order valence-corrected chi connectivity index (χ3v) is 3.45. The van der Waals surface area contributed by atoms with Crippen molar-refractivity contribution in [1.82, 2.24) is 0 Å². The minimum absolute atomic E-state index is 0.295. The molecule has 20 heavy (non-hydrogen) atoms. The van der Waals surface area contributed by atoms with E-state index >= 15 is 0 Å². The normalized spacial score (nSPS) is 11.7. The van der Waals surface area contributed by atoms with Crippen molar-refractivity contribution in [1.29, 1.82) is 5.26 Å². The van der Waals surface area contributed by atoms with Gasteiger partial charge in [-0.2, -0.15) is 5.26 Å². The van der Waals surface area contributed by atoms with Gasteiger partial charge in [-0.1, -0.05) is 41.9 Å². The summed E-state index contributed by atoms with van der Waals surface area (Å²) in [5, 5.41) is 13.1. The fourth-order valence-electron chi connectivity index (χ4n) is 2.10. The third kappa shape index (κ3) is 4.01. The van der Waals surface area contributed by atoms with Gasteiger partial charge in [0, 0.05) is 11.1 Å². The molecule has 3 heteroatoms. The predicted octanol–water partition coefficient (Wildman–Crippen LogP) is 4.64. The van der Waals surface area contributed by atoms with Gasteiger partial charge >= 0.3 is 0 Å². The molecule has 2 aromatic carbocycles. The zero-order chi connectivity index (χ0) is 14.4. The first kappa shape index (κ1) is 14.4. The Labute approximate surface area is 125 Å². The first-order chi connectivity index (χ1) is 9.69. The summed E-state index contributed by atoms with van der Waals surface area (Å²) >= 11 is 5.89. The maximum atomic E-state index is 9.12. The van der Waals surface area contributed by atoms with Gasteiger partial charge in [-0.25, -0.2) is 0 Å². The lowest BCUT2D eigenvalue weighted by molar-refractivity contribution is 0.706. The number of rotatable bonds is 5. The topological polar surface area (TPSA) is 35.8 Å². The van der Waals surface area contributed by atoms with Gasteiger partial charge in [0.15, 0.2) is 0 Å². The van der Waals surface area contributed by atoms with Gasteiger partial charge in [0.05, 0.1) is 11.3 Å². The van der Waals surface area contributed by atoms with E-state index in [2.05, 4.69) is 42.6 Å². The summed E-state index contributed by atoms with van der Waals surface area (Å²) in [5.41, 5.74) is 2.76. The van der Waals surface area contributed by atoms with Crippen molar-refractivity contribution in [3.8, 4) is 6.07 Å². The van der Waals surface area contributed by atoms with Crippen LogP contribution in [0.25, 0.3) is 0 Å². The fraction of sp³-hybridized carbons (Fsp3) is 0.235. The molecule has 1 N–H and O–H groups in total. The van der Waals surface area contributed by atoms with E-state index < -0.39 is 0 Å². The molecule has 0 bridgehead atoms. The number of halogens is 1. The molecule has 0 amide bonds. The summed E-state index contributed by atoms with van der Waals surface area (Å²) in [5.74, 6) is 0. The van der Waals surface area contributed by atoms with Crippen LogP contribution in [0.4, 0.5) is 5.69 Å². The lowest BCUT2D eigenvalue weighted by Crippen LogP contribution is -2.16. The summed E-state index contributed by atoms with van der Waals surface area (Å²) in [6, 6.07) is 18.2. The zero-order valence-corrected chi connectivity index (χ0v) is 12.2. The van der Waals surface area contributed by atoms with Crippen molar-refractivity contribution in [2.45, 2.75) is 25.8 Å². The van der Waals surface area contributed by atoms with Gasteiger partial charge in [0.25, 0.3) is 0 Å². The van der Waals surface area contributed by atoms with E-state index in [1.54, 1.807) is 12.1 Å². The molecule has 0 fully saturated rings. The van der Waals surface area contributed by atoms with Crippen molar-refractivity contribution in [2.75, 3.05) is 5.32 Å². The highest BCUT2D eigenvalue weighted by Crippen LogP contribution is 2.21. The Kier molecular flexibility index (Phi) is 5.03. The minimum atomic E-state index is 0.295. The van der Waals surface area contributed by atoms with Gasteiger partial charge in [0.1, 0.15) is 6.07 Å². The molecule has 0 radical (unpaired) electrons. The van der Waals surface area contributed by atoms with Crippen LogP contribution in [0.5, 0.6) is 0 Å². The number of anilines is 1. The van der Waals surface area contributed by atoms with E-state index in [0.29, 0.717) is 16.6 Å². The lowest BCUT2D eigenvalue weighted by Gasteiger charge is -2.16. The monoisotopic (exact) mass is 284 g/mol. The molecule has 1 unspecified atom stereocenters. The van der Waals surface area contributed by atoms with Gasteiger partial charge in [-0.15, -0.1) is 0 Å². The van der Waals surface area contributed by atoms with Crippen molar-refractivity contribution in [3.63, 3.8) is 0 Å². The number of nitriles is 1. The van der Waals surface area contributed by atoms with E-state index in [9.17, 15) is 0 Å². The van der Waals surface area contributed by atoms with E-state index in [0.717, 1.165) is 18.5 Å².